The lowest BCUT2D eigenvalue weighted by molar-refractivity contribution is -0.147. The number of aliphatic hydroxyl groups excluding tert-OH is 1. The van der Waals surface area contributed by atoms with Crippen molar-refractivity contribution in [3.8, 4) is 11.8 Å². The maximum absolute atomic E-state index is 12.1. The van der Waals surface area contributed by atoms with E-state index in [2.05, 4.69) is 33.1 Å². The number of anilines is 1. The van der Waals surface area contributed by atoms with E-state index in [9.17, 15) is 14.7 Å². The van der Waals surface area contributed by atoms with Crippen LogP contribution in [0.3, 0.4) is 0 Å². The van der Waals surface area contributed by atoms with Crippen LogP contribution in [0.2, 0.25) is 0 Å². The highest BCUT2D eigenvalue weighted by atomic mass is 79.9. The first-order valence-corrected chi connectivity index (χ1v) is 7.84. The molecule has 1 aromatic rings. The minimum atomic E-state index is -1.01. The van der Waals surface area contributed by atoms with Crippen LogP contribution in [-0.4, -0.2) is 29.2 Å². The van der Waals surface area contributed by atoms with Gasteiger partial charge in [0, 0.05) is 16.1 Å². The van der Waals surface area contributed by atoms with Gasteiger partial charge >= 0.3 is 5.97 Å². The second-order valence-electron chi connectivity index (χ2n) is 5.96. The van der Waals surface area contributed by atoms with E-state index < -0.39 is 30.0 Å². The molecule has 0 aliphatic rings. The summed E-state index contributed by atoms with van der Waals surface area (Å²) in [6.45, 7) is 6.57. The van der Waals surface area contributed by atoms with E-state index in [0.717, 1.165) is 10.0 Å². The summed E-state index contributed by atoms with van der Waals surface area (Å²) in [5.41, 5.74) is 0.897. The molecule has 124 valence electrons. The Kier molecular flexibility index (Phi) is 6.79. The topological polar surface area (TPSA) is 75.6 Å². The van der Waals surface area contributed by atoms with E-state index in [-0.39, 0.29) is 0 Å². The van der Waals surface area contributed by atoms with Gasteiger partial charge in [0.25, 0.3) is 0 Å². The Labute approximate surface area is 144 Å². The SMILES string of the molecule is Cc1cc(NC(=O)[C@@H](C#CC(=O)OC(C)(C)C)CO)ccc1Br. The summed E-state index contributed by atoms with van der Waals surface area (Å²) in [7, 11) is 0. The van der Waals surface area contributed by atoms with Crippen LogP contribution >= 0.6 is 15.9 Å². The molecule has 5 nitrogen and oxygen atoms in total. The zero-order valence-electron chi connectivity index (χ0n) is 13.6. The summed E-state index contributed by atoms with van der Waals surface area (Å²) >= 11 is 3.38. The minimum Gasteiger partial charge on any atom is -0.450 e. The molecule has 0 aromatic heterocycles. The third-order valence-electron chi connectivity index (χ3n) is 2.67. The fourth-order valence-corrected chi connectivity index (χ4v) is 1.84. The second-order valence-corrected chi connectivity index (χ2v) is 6.81. The molecular formula is C17H20BrNO4. The Morgan fingerprint density at radius 1 is 1.39 bits per heavy atom. The van der Waals surface area contributed by atoms with Gasteiger partial charge in [0.2, 0.25) is 5.91 Å². The van der Waals surface area contributed by atoms with Gasteiger partial charge in [0.15, 0.2) is 0 Å². The van der Waals surface area contributed by atoms with Gasteiger partial charge in [-0.15, -0.1) is 0 Å². The van der Waals surface area contributed by atoms with Gasteiger partial charge in [-0.3, -0.25) is 4.79 Å². The van der Waals surface area contributed by atoms with Gasteiger partial charge in [-0.25, -0.2) is 4.79 Å². The molecule has 0 saturated heterocycles. The predicted octanol–water partition coefficient (Wildman–Crippen LogP) is 2.65. The number of rotatable bonds is 3. The van der Waals surface area contributed by atoms with E-state index >= 15 is 0 Å². The fourth-order valence-electron chi connectivity index (χ4n) is 1.60. The van der Waals surface area contributed by atoms with Gasteiger partial charge in [0.1, 0.15) is 11.5 Å². The number of hydrogen-bond donors (Lipinski definition) is 2. The molecule has 1 aromatic carbocycles. The first-order valence-electron chi connectivity index (χ1n) is 7.05. The summed E-state index contributed by atoms with van der Waals surface area (Å²) in [4.78, 5) is 23.6. The zero-order valence-corrected chi connectivity index (χ0v) is 15.2. The largest absolute Gasteiger partial charge is 0.450 e. The van der Waals surface area contributed by atoms with Gasteiger partial charge < -0.3 is 15.2 Å². The van der Waals surface area contributed by atoms with Gasteiger partial charge in [0.05, 0.1) is 6.61 Å². The van der Waals surface area contributed by atoms with Crippen molar-refractivity contribution >= 4 is 33.5 Å². The van der Waals surface area contributed by atoms with E-state index in [1.807, 2.05) is 13.0 Å². The quantitative estimate of drug-likeness (QED) is 0.479. The third kappa shape index (κ3) is 6.85. The summed E-state index contributed by atoms with van der Waals surface area (Å²) < 4.78 is 5.96. The van der Waals surface area contributed by atoms with Crippen LogP contribution in [0.1, 0.15) is 26.3 Å². The average molecular weight is 382 g/mol. The Bertz CT molecular complexity index is 653. The number of hydrogen-bond acceptors (Lipinski definition) is 4. The maximum atomic E-state index is 12.1. The highest BCUT2D eigenvalue weighted by Gasteiger charge is 2.17. The number of esters is 1. The number of ether oxygens (including phenoxy) is 1. The number of nitrogens with one attached hydrogen (secondary N) is 1. The van der Waals surface area contributed by atoms with Crippen molar-refractivity contribution in [1.82, 2.24) is 0 Å². The van der Waals surface area contributed by atoms with E-state index in [1.165, 1.54) is 0 Å². The summed E-state index contributed by atoms with van der Waals surface area (Å²) in [6, 6.07) is 5.33. The molecule has 23 heavy (non-hydrogen) atoms. The van der Waals surface area contributed by atoms with Crippen LogP contribution in [0.4, 0.5) is 5.69 Å². The standard InChI is InChI=1S/C17H20BrNO4/c1-11-9-13(6-7-14(11)18)19-16(22)12(10-20)5-8-15(21)23-17(2,3)4/h6-7,9,12,20H,10H2,1-4H3,(H,19,22)/t12-/m0/s1. The van der Waals surface area contributed by atoms with Crippen LogP contribution in [0, 0.1) is 24.7 Å². The lowest BCUT2D eigenvalue weighted by Gasteiger charge is -2.17. The van der Waals surface area contributed by atoms with Crippen LogP contribution in [0.5, 0.6) is 0 Å². The van der Waals surface area contributed by atoms with Crippen molar-refractivity contribution < 1.29 is 19.4 Å². The molecule has 1 rings (SSSR count). The molecule has 0 bridgehead atoms. The molecule has 0 aliphatic carbocycles. The fraction of sp³-hybridized carbons (Fsp3) is 0.412. The van der Waals surface area contributed by atoms with Gasteiger partial charge in [-0.2, -0.15) is 0 Å². The van der Waals surface area contributed by atoms with Crippen LogP contribution in [0.15, 0.2) is 22.7 Å². The van der Waals surface area contributed by atoms with Crippen molar-refractivity contribution in [1.29, 1.82) is 0 Å². The highest BCUT2D eigenvalue weighted by molar-refractivity contribution is 9.10. The normalized spacial score (nSPS) is 11.9. The lowest BCUT2D eigenvalue weighted by atomic mass is 10.1. The summed E-state index contributed by atoms with van der Waals surface area (Å²) in [5.74, 6) is 2.46. The number of aliphatic hydroxyl groups is 1. The molecular weight excluding hydrogens is 362 g/mol. The van der Waals surface area contributed by atoms with Crippen molar-refractivity contribution in [2.75, 3.05) is 11.9 Å². The Balaban J connectivity index is 2.76. The highest BCUT2D eigenvalue weighted by Crippen LogP contribution is 2.20. The van der Waals surface area contributed by atoms with Crippen LogP contribution in [-0.2, 0) is 14.3 Å². The van der Waals surface area contributed by atoms with Crippen molar-refractivity contribution in [2.45, 2.75) is 33.3 Å². The van der Waals surface area contributed by atoms with Crippen LogP contribution in [0.25, 0.3) is 0 Å². The Morgan fingerprint density at radius 3 is 2.57 bits per heavy atom. The van der Waals surface area contributed by atoms with Crippen LogP contribution < -0.4 is 5.32 Å². The Hall–Kier alpha value is -1.84. The third-order valence-corrected chi connectivity index (χ3v) is 3.56. The summed E-state index contributed by atoms with van der Waals surface area (Å²) in [5, 5.41) is 12.0. The van der Waals surface area contributed by atoms with E-state index in [1.54, 1.807) is 32.9 Å². The number of carbonyl (C=O) groups is 2. The molecule has 1 amide bonds. The molecule has 1 atom stereocenters. The van der Waals surface area contributed by atoms with E-state index in [4.69, 9.17) is 4.74 Å². The average Bonchev–Trinajstić information content (AvgIpc) is 2.41. The molecule has 0 saturated carbocycles. The minimum absolute atomic E-state index is 0.481. The molecule has 0 spiro atoms. The van der Waals surface area contributed by atoms with Crippen molar-refractivity contribution in [3.05, 3.63) is 28.2 Å². The number of halogens is 1. The zero-order chi connectivity index (χ0) is 17.6. The first-order chi connectivity index (χ1) is 10.6. The number of aryl methyl sites for hydroxylation is 1. The molecule has 2 N–H and O–H groups in total. The van der Waals surface area contributed by atoms with E-state index in [0.29, 0.717) is 5.69 Å². The molecule has 0 fully saturated rings. The maximum Gasteiger partial charge on any atom is 0.384 e. The Morgan fingerprint density at radius 2 is 2.04 bits per heavy atom. The first kappa shape index (κ1) is 19.2. The smallest absolute Gasteiger partial charge is 0.384 e. The van der Waals surface area contributed by atoms with Crippen molar-refractivity contribution in [3.63, 3.8) is 0 Å². The lowest BCUT2D eigenvalue weighted by Crippen LogP contribution is -2.26. The molecule has 0 aliphatic heterocycles. The number of carbonyl (C=O) groups excluding carboxylic acids is 2. The predicted molar refractivity (Wildman–Crippen MR) is 91.7 cm³/mol. The monoisotopic (exact) mass is 381 g/mol. The van der Waals surface area contributed by atoms with Gasteiger partial charge in [-0.1, -0.05) is 21.9 Å². The molecule has 0 heterocycles. The van der Waals surface area contributed by atoms with Gasteiger partial charge in [-0.05, 0) is 51.5 Å². The summed E-state index contributed by atoms with van der Waals surface area (Å²) in [6.07, 6.45) is 0. The number of benzene rings is 1. The number of amides is 1. The molecule has 0 radical (unpaired) electrons. The van der Waals surface area contributed by atoms with Crippen molar-refractivity contribution in [2.24, 2.45) is 5.92 Å². The second kappa shape index (κ2) is 8.14. The molecule has 6 heteroatoms. The molecule has 0 unspecified atom stereocenters.